The molecule has 3 aromatic heterocycles. The Morgan fingerprint density at radius 3 is 3.04 bits per heavy atom. The topological polar surface area (TPSA) is 62.5 Å². The summed E-state index contributed by atoms with van der Waals surface area (Å²) in [5.41, 5.74) is 1.47. The van der Waals surface area contributed by atoms with E-state index in [9.17, 15) is 0 Å². The summed E-state index contributed by atoms with van der Waals surface area (Å²) in [7, 11) is 2.19. The maximum Gasteiger partial charge on any atom is 0.276 e. The minimum Gasteiger partial charge on any atom is -0.353 e. The molecule has 0 N–H and O–H groups in total. The number of fused-ring (bicyclic) bond motifs is 5. The molecule has 0 unspecified atom stereocenters. The zero-order valence-electron chi connectivity index (χ0n) is 14.8. The van der Waals surface area contributed by atoms with Crippen LogP contribution in [0.5, 0.6) is 0 Å². The fraction of sp³-hybridized carbons (Fsp3) is 0.647. The molecule has 1 saturated heterocycles. The van der Waals surface area contributed by atoms with E-state index in [2.05, 4.69) is 39.3 Å². The van der Waals surface area contributed by atoms with E-state index < -0.39 is 0 Å². The van der Waals surface area contributed by atoms with Crippen LogP contribution >= 0.6 is 11.3 Å². The van der Waals surface area contributed by atoms with Crippen molar-refractivity contribution in [1.82, 2.24) is 29.9 Å². The number of hydrogen-bond donors (Lipinski definition) is 0. The Kier molecular flexibility index (Phi) is 3.63. The summed E-state index contributed by atoms with van der Waals surface area (Å²) in [5.74, 6) is 1.74. The van der Waals surface area contributed by atoms with Crippen molar-refractivity contribution in [3.05, 3.63) is 10.4 Å². The van der Waals surface area contributed by atoms with Crippen LogP contribution in [-0.4, -0.2) is 56.1 Å². The first-order chi connectivity index (χ1) is 12.3. The maximum atomic E-state index is 4.93. The van der Waals surface area contributed by atoms with E-state index in [1.807, 2.05) is 15.9 Å². The van der Waals surface area contributed by atoms with Gasteiger partial charge in [0.1, 0.15) is 10.6 Å². The molecule has 0 saturated carbocycles. The van der Waals surface area contributed by atoms with Gasteiger partial charge in [-0.05, 0) is 55.1 Å². The van der Waals surface area contributed by atoms with Crippen molar-refractivity contribution < 1.29 is 0 Å². The van der Waals surface area contributed by atoms with Crippen LogP contribution < -0.4 is 4.90 Å². The summed E-state index contributed by atoms with van der Waals surface area (Å²) < 4.78 is 1.83. The first-order valence-electron chi connectivity index (χ1n) is 9.23. The van der Waals surface area contributed by atoms with Gasteiger partial charge in [0, 0.05) is 30.6 Å². The zero-order chi connectivity index (χ0) is 17.0. The van der Waals surface area contributed by atoms with Crippen molar-refractivity contribution in [2.45, 2.75) is 51.6 Å². The first-order valence-corrected chi connectivity index (χ1v) is 10.1. The molecule has 0 radical (unpaired) electrons. The standard InChI is InChI=1S/C17H23N7S/c1-3-11-6-4-5-8-23(11)15-14-12-7-9-22(2)10-13(12)25-16(14)24-17(18-15)19-20-21-24/h11H,3-10H2,1-2H3/t11-/m0/s1. The highest BCUT2D eigenvalue weighted by atomic mass is 32.1. The lowest BCUT2D eigenvalue weighted by atomic mass is 9.98. The minimum atomic E-state index is 0.574. The maximum absolute atomic E-state index is 4.93. The van der Waals surface area contributed by atoms with E-state index in [4.69, 9.17) is 4.98 Å². The largest absolute Gasteiger partial charge is 0.353 e. The second-order valence-corrected chi connectivity index (χ2v) is 8.33. The molecule has 0 aromatic carbocycles. The Morgan fingerprint density at radius 1 is 1.24 bits per heavy atom. The fourth-order valence-corrected chi connectivity index (χ4v) is 5.71. The van der Waals surface area contributed by atoms with Gasteiger partial charge in [-0.2, -0.15) is 9.50 Å². The number of anilines is 1. The summed E-state index contributed by atoms with van der Waals surface area (Å²) in [6, 6.07) is 0.574. The van der Waals surface area contributed by atoms with E-state index >= 15 is 0 Å². The van der Waals surface area contributed by atoms with Crippen molar-refractivity contribution in [3.63, 3.8) is 0 Å². The molecule has 0 spiro atoms. The Hall–Kier alpha value is -1.80. The predicted molar refractivity (Wildman–Crippen MR) is 99.3 cm³/mol. The van der Waals surface area contributed by atoms with Crippen LogP contribution in [0.1, 0.15) is 43.0 Å². The van der Waals surface area contributed by atoms with Crippen LogP contribution in [0.2, 0.25) is 0 Å². The molecule has 0 aliphatic carbocycles. The highest BCUT2D eigenvalue weighted by Crippen LogP contribution is 2.41. The summed E-state index contributed by atoms with van der Waals surface area (Å²) in [4.78, 5) is 12.5. The van der Waals surface area contributed by atoms with Gasteiger partial charge < -0.3 is 9.80 Å². The summed E-state index contributed by atoms with van der Waals surface area (Å²) >= 11 is 1.84. The lowest BCUT2D eigenvalue weighted by molar-refractivity contribution is 0.318. The second-order valence-electron chi connectivity index (χ2n) is 7.25. The van der Waals surface area contributed by atoms with Gasteiger partial charge in [-0.15, -0.1) is 11.3 Å². The molecule has 2 aliphatic heterocycles. The first kappa shape index (κ1) is 15.5. The van der Waals surface area contributed by atoms with Crippen molar-refractivity contribution in [2.75, 3.05) is 25.0 Å². The van der Waals surface area contributed by atoms with Gasteiger partial charge in [0.2, 0.25) is 0 Å². The van der Waals surface area contributed by atoms with Gasteiger partial charge >= 0.3 is 0 Å². The molecule has 25 heavy (non-hydrogen) atoms. The number of thiophene rings is 1. The van der Waals surface area contributed by atoms with Crippen molar-refractivity contribution >= 4 is 33.1 Å². The molecular weight excluding hydrogens is 334 g/mol. The van der Waals surface area contributed by atoms with Crippen molar-refractivity contribution in [3.8, 4) is 0 Å². The summed E-state index contributed by atoms with van der Waals surface area (Å²) in [5, 5.41) is 13.5. The fourth-order valence-electron chi connectivity index (χ4n) is 4.34. The predicted octanol–water partition coefficient (Wildman–Crippen LogP) is 2.49. The van der Waals surface area contributed by atoms with Gasteiger partial charge in [0.25, 0.3) is 5.78 Å². The molecule has 0 amide bonds. The van der Waals surface area contributed by atoms with Crippen molar-refractivity contribution in [2.24, 2.45) is 0 Å². The van der Waals surface area contributed by atoms with Gasteiger partial charge in [0.05, 0.1) is 5.39 Å². The van der Waals surface area contributed by atoms with E-state index in [0.29, 0.717) is 11.8 Å². The Morgan fingerprint density at radius 2 is 2.16 bits per heavy atom. The molecule has 5 heterocycles. The Labute approximate surface area is 150 Å². The minimum absolute atomic E-state index is 0.574. The lowest BCUT2D eigenvalue weighted by Crippen LogP contribution is -2.40. The number of piperidine rings is 1. The van der Waals surface area contributed by atoms with Crippen LogP contribution in [0.4, 0.5) is 5.82 Å². The van der Waals surface area contributed by atoms with Gasteiger partial charge in [-0.1, -0.05) is 12.0 Å². The third kappa shape index (κ3) is 2.34. The molecule has 5 rings (SSSR count). The van der Waals surface area contributed by atoms with Gasteiger partial charge in [0.15, 0.2) is 0 Å². The number of likely N-dealkylation sites (N-methyl/N-ethyl adjacent to an activating group) is 1. The smallest absolute Gasteiger partial charge is 0.276 e. The number of rotatable bonds is 2. The molecule has 7 nitrogen and oxygen atoms in total. The highest BCUT2D eigenvalue weighted by molar-refractivity contribution is 7.19. The molecule has 1 atom stereocenters. The van der Waals surface area contributed by atoms with E-state index in [-0.39, 0.29) is 0 Å². The monoisotopic (exact) mass is 357 g/mol. The highest BCUT2D eigenvalue weighted by Gasteiger charge is 2.29. The quantitative estimate of drug-likeness (QED) is 0.702. The van der Waals surface area contributed by atoms with Crippen LogP contribution in [-0.2, 0) is 13.0 Å². The molecule has 0 bridgehead atoms. The average Bonchev–Trinajstić information content (AvgIpc) is 3.24. The van der Waals surface area contributed by atoms with E-state index in [1.165, 1.54) is 35.1 Å². The number of nitrogens with zero attached hydrogens (tertiary/aromatic N) is 7. The van der Waals surface area contributed by atoms with Crippen LogP contribution in [0.3, 0.4) is 0 Å². The zero-order valence-corrected chi connectivity index (χ0v) is 15.6. The van der Waals surface area contributed by atoms with Gasteiger partial charge in [-0.3, -0.25) is 0 Å². The number of hydrogen-bond acceptors (Lipinski definition) is 7. The van der Waals surface area contributed by atoms with E-state index in [0.717, 1.165) is 43.1 Å². The summed E-state index contributed by atoms with van der Waals surface area (Å²) in [6.45, 7) is 5.48. The molecule has 3 aromatic rings. The molecule has 132 valence electrons. The molecule has 2 aliphatic rings. The molecule has 1 fully saturated rings. The normalized spacial score (nSPS) is 22.0. The van der Waals surface area contributed by atoms with Crippen LogP contribution in [0.25, 0.3) is 16.0 Å². The third-order valence-corrected chi connectivity index (χ3v) is 6.87. The summed E-state index contributed by atoms with van der Waals surface area (Å²) in [6.07, 6.45) is 6.06. The number of aromatic nitrogens is 5. The number of tetrazole rings is 1. The SMILES string of the molecule is CC[C@H]1CCCCN1c1nc2nnnn2c2sc3c(c12)CCN(C)C3. The van der Waals surface area contributed by atoms with Crippen LogP contribution in [0.15, 0.2) is 0 Å². The third-order valence-electron chi connectivity index (χ3n) is 5.67. The Bertz CT molecular complexity index is 930. The average molecular weight is 357 g/mol. The lowest BCUT2D eigenvalue weighted by Gasteiger charge is -2.36. The molecule has 8 heteroatoms. The van der Waals surface area contributed by atoms with Crippen LogP contribution in [0, 0.1) is 0 Å². The van der Waals surface area contributed by atoms with E-state index in [1.54, 1.807) is 0 Å². The molecular formula is C17H23N7S. The second kappa shape index (κ2) is 5.88. The Balaban J connectivity index is 1.78. The van der Waals surface area contributed by atoms with Gasteiger partial charge in [-0.25, -0.2) is 0 Å². The van der Waals surface area contributed by atoms with Crippen molar-refractivity contribution in [1.29, 1.82) is 0 Å².